The second-order valence-electron chi connectivity index (χ2n) is 5.12. The molecule has 0 aliphatic carbocycles. The summed E-state index contributed by atoms with van der Waals surface area (Å²) in [6.07, 6.45) is 1.63. The van der Waals surface area contributed by atoms with Gasteiger partial charge in [0.15, 0.2) is 11.6 Å². The molecule has 104 valence electrons. The van der Waals surface area contributed by atoms with Gasteiger partial charge in [-0.15, -0.1) is 0 Å². The second kappa shape index (κ2) is 6.29. The normalized spacial score (nSPS) is 23.7. The van der Waals surface area contributed by atoms with E-state index in [2.05, 4.69) is 5.32 Å². The maximum absolute atomic E-state index is 11.9. The number of carbonyl (C=O) groups is 2. The van der Waals surface area contributed by atoms with E-state index in [1.807, 2.05) is 20.8 Å². The van der Waals surface area contributed by atoms with Crippen molar-refractivity contribution in [1.29, 1.82) is 0 Å². The zero-order valence-electron chi connectivity index (χ0n) is 11.6. The summed E-state index contributed by atoms with van der Waals surface area (Å²) in [5, 5.41) is 2.66. The average Bonchev–Trinajstić information content (AvgIpc) is 2.62. The third-order valence-corrected chi connectivity index (χ3v) is 2.95. The van der Waals surface area contributed by atoms with Crippen LogP contribution in [0.2, 0.25) is 0 Å². The summed E-state index contributed by atoms with van der Waals surface area (Å²) in [6.45, 7) is 7.56. The Hall–Kier alpha value is -0.940. The third-order valence-electron chi connectivity index (χ3n) is 2.95. The molecule has 1 saturated heterocycles. The quantitative estimate of drug-likeness (QED) is 0.781. The lowest BCUT2D eigenvalue weighted by Crippen LogP contribution is -2.39. The molecule has 18 heavy (non-hydrogen) atoms. The smallest absolute Gasteiger partial charge is 0.217 e. The number of rotatable bonds is 6. The molecular formula is C13H23NO4. The second-order valence-corrected chi connectivity index (χ2v) is 5.12. The first-order valence-electron chi connectivity index (χ1n) is 6.45. The van der Waals surface area contributed by atoms with Crippen molar-refractivity contribution in [2.75, 3.05) is 6.61 Å². The summed E-state index contributed by atoms with van der Waals surface area (Å²) in [5.41, 5.74) is 0. The van der Waals surface area contributed by atoms with Crippen LogP contribution in [0.1, 0.15) is 47.0 Å². The number of nitrogens with one attached hydrogen (secondary N) is 1. The number of hydrogen-bond donors (Lipinski definition) is 1. The number of hydrogen-bond acceptors (Lipinski definition) is 4. The molecule has 1 fully saturated rings. The molecule has 0 saturated carbocycles. The number of amides is 1. The van der Waals surface area contributed by atoms with Gasteiger partial charge in [-0.1, -0.05) is 6.92 Å². The first-order valence-corrected chi connectivity index (χ1v) is 6.45. The monoisotopic (exact) mass is 257 g/mol. The molecule has 0 aromatic heterocycles. The molecule has 0 spiro atoms. The summed E-state index contributed by atoms with van der Waals surface area (Å²) >= 11 is 0. The van der Waals surface area contributed by atoms with Crippen molar-refractivity contribution in [2.45, 2.75) is 64.9 Å². The first-order chi connectivity index (χ1) is 8.34. The van der Waals surface area contributed by atoms with Gasteiger partial charge in [0.1, 0.15) is 0 Å². The van der Waals surface area contributed by atoms with Gasteiger partial charge in [0.2, 0.25) is 5.91 Å². The molecule has 1 unspecified atom stereocenters. The van der Waals surface area contributed by atoms with E-state index in [-0.39, 0.29) is 23.8 Å². The summed E-state index contributed by atoms with van der Waals surface area (Å²) in [4.78, 5) is 22.9. The molecule has 1 aliphatic heterocycles. The molecule has 1 rings (SSSR count). The Morgan fingerprint density at radius 2 is 2.11 bits per heavy atom. The molecule has 5 nitrogen and oxygen atoms in total. The largest absolute Gasteiger partial charge is 0.348 e. The molecule has 1 amide bonds. The molecule has 1 aliphatic rings. The minimum Gasteiger partial charge on any atom is -0.348 e. The fourth-order valence-corrected chi connectivity index (χ4v) is 2.04. The van der Waals surface area contributed by atoms with Gasteiger partial charge in [-0.05, 0) is 26.7 Å². The SMILES string of the molecule is CC[C@@H](NC(C)=O)C(=O)CCC1COC(C)(C)O1. The molecule has 1 heterocycles. The van der Waals surface area contributed by atoms with Gasteiger partial charge in [-0.2, -0.15) is 0 Å². The van der Waals surface area contributed by atoms with Crippen LogP contribution in [0.25, 0.3) is 0 Å². The van der Waals surface area contributed by atoms with Crippen LogP contribution in [-0.4, -0.2) is 36.2 Å². The van der Waals surface area contributed by atoms with Gasteiger partial charge >= 0.3 is 0 Å². The van der Waals surface area contributed by atoms with E-state index >= 15 is 0 Å². The minimum atomic E-state index is -0.546. The highest BCUT2D eigenvalue weighted by Gasteiger charge is 2.33. The van der Waals surface area contributed by atoms with E-state index in [1.165, 1.54) is 6.92 Å². The van der Waals surface area contributed by atoms with Crippen LogP contribution in [0.4, 0.5) is 0 Å². The van der Waals surface area contributed by atoms with Crippen molar-refractivity contribution < 1.29 is 19.1 Å². The fraction of sp³-hybridized carbons (Fsp3) is 0.846. The van der Waals surface area contributed by atoms with Crippen molar-refractivity contribution >= 4 is 11.7 Å². The van der Waals surface area contributed by atoms with Gasteiger partial charge in [0, 0.05) is 13.3 Å². The van der Waals surface area contributed by atoms with Gasteiger partial charge in [0.05, 0.1) is 18.8 Å². The van der Waals surface area contributed by atoms with Gasteiger partial charge in [-0.25, -0.2) is 0 Å². The molecule has 1 N–H and O–H groups in total. The highest BCUT2D eigenvalue weighted by Crippen LogP contribution is 2.24. The molecule has 0 aromatic rings. The van der Waals surface area contributed by atoms with E-state index < -0.39 is 5.79 Å². The van der Waals surface area contributed by atoms with Crippen LogP contribution in [-0.2, 0) is 19.1 Å². The third kappa shape index (κ3) is 4.74. The summed E-state index contributed by atoms with van der Waals surface area (Å²) in [6, 6.07) is -0.377. The summed E-state index contributed by atoms with van der Waals surface area (Å²) in [7, 11) is 0. The highest BCUT2D eigenvalue weighted by molar-refractivity contribution is 5.88. The van der Waals surface area contributed by atoms with Gasteiger partial charge in [-0.3, -0.25) is 9.59 Å². The topological polar surface area (TPSA) is 64.6 Å². The Balaban J connectivity index is 2.34. The van der Waals surface area contributed by atoms with Crippen LogP contribution in [0.5, 0.6) is 0 Å². The predicted molar refractivity (Wildman–Crippen MR) is 67.0 cm³/mol. The Labute approximate surface area is 108 Å². The van der Waals surface area contributed by atoms with Gasteiger partial charge in [0.25, 0.3) is 0 Å². The summed E-state index contributed by atoms with van der Waals surface area (Å²) in [5.74, 6) is -0.659. The van der Waals surface area contributed by atoms with Crippen molar-refractivity contribution in [3.8, 4) is 0 Å². The van der Waals surface area contributed by atoms with Crippen molar-refractivity contribution in [3.63, 3.8) is 0 Å². The molecule has 2 atom stereocenters. The fourth-order valence-electron chi connectivity index (χ4n) is 2.04. The zero-order chi connectivity index (χ0) is 13.8. The minimum absolute atomic E-state index is 0.0289. The summed E-state index contributed by atoms with van der Waals surface area (Å²) < 4.78 is 11.1. The zero-order valence-corrected chi connectivity index (χ0v) is 11.6. The lowest BCUT2D eigenvalue weighted by atomic mass is 10.0. The Morgan fingerprint density at radius 1 is 1.44 bits per heavy atom. The van der Waals surface area contributed by atoms with Crippen LogP contribution >= 0.6 is 0 Å². The van der Waals surface area contributed by atoms with Crippen LogP contribution in [0, 0.1) is 0 Å². The van der Waals surface area contributed by atoms with Crippen LogP contribution in [0.3, 0.4) is 0 Å². The number of ketones is 1. The average molecular weight is 257 g/mol. The maximum Gasteiger partial charge on any atom is 0.217 e. The standard InChI is InChI=1S/C13H23NO4/c1-5-11(14-9(2)15)12(16)7-6-10-8-17-13(3,4)18-10/h10-11H,5-8H2,1-4H3,(H,14,15)/t10?,11-/m1/s1. The Kier molecular flexibility index (Phi) is 5.28. The Bertz CT molecular complexity index is 314. The maximum atomic E-state index is 11.9. The molecule has 0 radical (unpaired) electrons. The van der Waals surface area contributed by atoms with Crippen molar-refractivity contribution in [3.05, 3.63) is 0 Å². The molecular weight excluding hydrogens is 234 g/mol. The lowest BCUT2D eigenvalue weighted by Gasteiger charge is -2.18. The van der Waals surface area contributed by atoms with E-state index in [4.69, 9.17) is 9.47 Å². The van der Waals surface area contributed by atoms with E-state index in [0.717, 1.165) is 0 Å². The van der Waals surface area contributed by atoms with Crippen molar-refractivity contribution in [2.24, 2.45) is 0 Å². The van der Waals surface area contributed by atoms with Crippen molar-refractivity contribution in [1.82, 2.24) is 5.32 Å². The predicted octanol–water partition coefficient (Wildman–Crippen LogP) is 1.40. The lowest BCUT2D eigenvalue weighted by molar-refractivity contribution is -0.140. The highest BCUT2D eigenvalue weighted by atomic mass is 16.7. The number of ether oxygens (including phenoxy) is 2. The van der Waals surface area contributed by atoms with Crippen LogP contribution in [0.15, 0.2) is 0 Å². The molecule has 0 aromatic carbocycles. The Morgan fingerprint density at radius 3 is 2.56 bits per heavy atom. The number of Topliss-reactive ketones (excluding diaryl/α,β-unsaturated/α-hetero) is 1. The van der Waals surface area contributed by atoms with Crippen LogP contribution < -0.4 is 5.32 Å². The molecule has 0 bridgehead atoms. The van der Waals surface area contributed by atoms with Gasteiger partial charge < -0.3 is 14.8 Å². The number of carbonyl (C=O) groups excluding carboxylic acids is 2. The molecule has 5 heteroatoms. The van der Waals surface area contributed by atoms with E-state index in [0.29, 0.717) is 25.9 Å². The van der Waals surface area contributed by atoms with E-state index in [9.17, 15) is 9.59 Å². The first kappa shape index (κ1) is 15.1. The van der Waals surface area contributed by atoms with E-state index in [1.54, 1.807) is 0 Å².